The summed E-state index contributed by atoms with van der Waals surface area (Å²) in [6, 6.07) is 0. The molecule has 0 bridgehead atoms. The van der Waals surface area contributed by atoms with E-state index in [2.05, 4.69) is 53.8 Å². The highest BCUT2D eigenvalue weighted by atomic mass is 79.9. The van der Waals surface area contributed by atoms with Crippen LogP contribution in [-0.4, -0.2) is 30.0 Å². The summed E-state index contributed by atoms with van der Waals surface area (Å²) in [5, 5.41) is 3.77. The van der Waals surface area contributed by atoms with Crippen molar-refractivity contribution in [3.05, 3.63) is 47.6 Å². The second kappa shape index (κ2) is 6.53. The highest BCUT2D eigenvalue weighted by Gasteiger charge is 2.62. The maximum Gasteiger partial charge on any atom is 0.178 e. The lowest BCUT2D eigenvalue weighted by Crippen LogP contribution is -2.51. The van der Waals surface area contributed by atoms with Crippen molar-refractivity contribution in [2.75, 3.05) is 19.8 Å². The minimum atomic E-state index is -0.294. The molecule has 146 valence electrons. The molecular formula is C23H30BrNO2. The van der Waals surface area contributed by atoms with Crippen LogP contribution < -0.4 is 5.32 Å². The first kappa shape index (κ1) is 19.4. The number of carbonyl (C=O) groups excluding carboxylic acids is 1. The zero-order chi connectivity index (χ0) is 19.4. The van der Waals surface area contributed by atoms with E-state index in [9.17, 15) is 4.79 Å². The van der Waals surface area contributed by atoms with Crippen LogP contribution in [0.4, 0.5) is 0 Å². The van der Waals surface area contributed by atoms with Crippen LogP contribution in [0.3, 0.4) is 0 Å². The number of ketones is 1. The van der Waals surface area contributed by atoms with Crippen LogP contribution in [0.2, 0.25) is 0 Å². The first-order chi connectivity index (χ1) is 12.8. The predicted octanol–water partition coefficient (Wildman–Crippen LogP) is 4.71. The normalized spacial score (nSPS) is 42.7. The number of allylic oxidation sites excluding steroid dienone is 6. The van der Waals surface area contributed by atoms with Crippen molar-refractivity contribution < 1.29 is 9.53 Å². The third-order valence-electron chi connectivity index (χ3n) is 7.66. The molecule has 4 heteroatoms. The van der Waals surface area contributed by atoms with Crippen LogP contribution in [0.5, 0.6) is 0 Å². The summed E-state index contributed by atoms with van der Waals surface area (Å²) in [6.45, 7) is 13.3. The van der Waals surface area contributed by atoms with Gasteiger partial charge in [0, 0.05) is 24.0 Å². The summed E-state index contributed by atoms with van der Waals surface area (Å²) in [5.74, 6) is 1.21. The van der Waals surface area contributed by atoms with Gasteiger partial charge in [-0.1, -0.05) is 52.7 Å². The Balaban J connectivity index is 1.69. The molecule has 0 radical (unpaired) electrons. The number of halogens is 1. The van der Waals surface area contributed by atoms with Crippen LogP contribution in [0.15, 0.2) is 47.6 Å². The third kappa shape index (κ3) is 2.63. The lowest BCUT2D eigenvalue weighted by atomic mass is 9.52. The van der Waals surface area contributed by atoms with Crippen LogP contribution in [0.25, 0.3) is 0 Å². The molecule has 3 aliphatic carbocycles. The van der Waals surface area contributed by atoms with Gasteiger partial charge in [-0.3, -0.25) is 10.1 Å². The zero-order valence-electron chi connectivity index (χ0n) is 16.6. The second-order valence-corrected chi connectivity index (χ2v) is 10.1. The van der Waals surface area contributed by atoms with Crippen LogP contribution >= 0.6 is 15.9 Å². The molecule has 0 aromatic carbocycles. The van der Waals surface area contributed by atoms with Gasteiger partial charge in [0.2, 0.25) is 0 Å². The van der Waals surface area contributed by atoms with Crippen molar-refractivity contribution in [1.29, 1.82) is 0 Å². The number of alkyl halides is 1. The minimum absolute atomic E-state index is 0.0567. The van der Waals surface area contributed by atoms with Gasteiger partial charge < -0.3 is 4.74 Å². The van der Waals surface area contributed by atoms with Crippen molar-refractivity contribution in [2.24, 2.45) is 22.7 Å². The Morgan fingerprint density at radius 3 is 2.96 bits per heavy atom. The third-order valence-corrected chi connectivity index (χ3v) is 9.41. The monoisotopic (exact) mass is 431 g/mol. The molecule has 5 atom stereocenters. The Morgan fingerprint density at radius 1 is 1.44 bits per heavy atom. The van der Waals surface area contributed by atoms with Gasteiger partial charge in [0.25, 0.3) is 0 Å². The van der Waals surface area contributed by atoms with E-state index in [1.807, 2.05) is 13.0 Å². The average molecular weight is 432 g/mol. The van der Waals surface area contributed by atoms with E-state index in [-0.39, 0.29) is 21.1 Å². The number of ether oxygens (including phenoxy) is 1. The highest BCUT2D eigenvalue weighted by Crippen LogP contribution is 2.64. The van der Waals surface area contributed by atoms with Gasteiger partial charge in [-0.05, 0) is 62.7 Å². The standard InChI is InChI=1S/C23H30BrNO2/c1-5-27-14-15(2)23(24)22(4)11-9-19-18(20(22)13-25-23)7-6-16-12-17(26)8-10-21(16,19)3/h8-10,12,18,20,25H,2,5-7,11,13-14H2,1,3-4H3. The number of fused-ring (bicyclic) bond motifs is 5. The lowest BCUT2D eigenvalue weighted by molar-refractivity contribution is -0.110. The van der Waals surface area contributed by atoms with Crippen molar-refractivity contribution >= 4 is 21.7 Å². The van der Waals surface area contributed by atoms with Crippen molar-refractivity contribution in [1.82, 2.24) is 5.32 Å². The molecule has 1 saturated carbocycles. The number of hydrogen-bond acceptors (Lipinski definition) is 3. The molecule has 5 unspecified atom stereocenters. The van der Waals surface area contributed by atoms with Gasteiger partial charge >= 0.3 is 0 Å². The molecule has 1 N–H and O–H groups in total. The summed E-state index contributed by atoms with van der Waals surface area (Å²) in [7, 11) is 0. The smallest absolute Gasteiger partial charge is 0.178 e. The SMILES string of the molecule is C=C(COCC)C1(Br)NCC2C3CCC4=CC(=O)C=CC4(C)C3=CCC21C. The first-order valence-corrected chi connectivity index (χ1v) is 10.9. The summed E-state index contributed by atoms with van der Waals surface area (Å²) < 4.78 is 5.37. The minimum Gasteiger partial charge on any atom is -0.377 e. The Hall–Kier alpha value is -0.970. The van der Waals surface area contributed by atoms with E-state index in [0.717, 1.165) is 31.4 Å². The molecule has 0 aromatic rings. The summed E-state index contributed by atoms with van der Waals surface area (Å²) >= 11 is 4.06. The first-order valence-electron chi connectivity index (χ1n) is 10.1. The zero-order valence-corrected chi connectivity index (χ0v) is 18.2. The predicted molar refractivity (Wildman–Crippen MR) is 113 cm³/mol. The molecule has 1 aliphatic heterocycles. The van der Waals surface area contributed by atoms with E-state index in [4.69, 9.17) is 4.74 Å². The van der Waals surface area contributed by atoms with Crippen LogP contribution in [0.1, 0.15) is 40.0 Å². The summed E-state index contributed by atoms with van der Waals surface area (Å²) in [6.07, 6.45) is 11.4. The van der Waals surface area contributed by atoms with Crippen molar-refractivity contribution in [3.63, 3.8) is 0 Å². The van der Waals surface area contributed by atoms with Gasteiger partial charge in [0.1, 0.15) is 4.45 Å². The van der Waals surface area contributed by atoms with E-state index < -0.39 is 0 Å². The fourth-order valence-electron chi connectivity index (χ4n) is 5.96. The molecule has 3 nitrogen and oxygen atoms in total. The Kier molecular flexibility index (Phi) is 4.68. The molecule has 27 heavy (non-hydrogen) atoms. The molecule has 2 fully saturated rings. The van der Waals surface area contributed by atoms with Gasteiger partial charge in [0.05, 0.1) is 6.61 Å². The van der Waals surface area contributed by atoms with Gasteiger partial charge in [-0.15, -0.1) is 0 Å². The Morgan fingerprint density at radius 2 is 2.22 bits per heavy atom. The van der Waals surface area contributed by atoms with E-state index in [1.54, 1.807) is 6.08 Å². The Bertz CT molecular complexity index is 781. The average Bonchev–Trinajstić information content (AvgIpc) is 2.92. The van der Waals surface area contributed by atoms with Crippen molar-refractivity contribution in [2.45, 2.75) is 44.5 Å². The molecule has 0 aromatic heterocycles. The maximum atomic E-state index is 11.9. The fourth-order valence-corrected chi connectivity index (χ4v) is 6.69. The maximum absolute atomic E-state index is 11.9. The highest BCUT2D eigenvalue weighted by molar-refractivity contribution is 9.10. The largest absolute Gasteiger partial charge is 0.377 e. The fraction of sp³-hybridized carbons (Fsp3) is 0.609. The second-order valence-electron chi connectivity index (χ2n) is 8.92. The molecule has 4 rings (SSSR count). The van der Waals surface area contributed by atoms with Gasteiger partial charge in [-0.25, -0.2) is 0 Å². The Labute approximate surface area is 171 Å². The van der Waals surface area contributed by atoms with E-state index in [0.29, 0.717) is 25.0 Å². The number of carbonyl (C=O) groups is 1. The van der Waals surface area contributed by atoms with Crippen LogP contribution in [0, 0.1) is 22.7 Å². The number of hydrogen-bond donors (Lipinski definition) is 1. The number of rotatable bonds is 4. The number of nitrogens with one attached hydrogen (secondary N) is 1. The summed E-state index contributed by atoms with van der Waals surface area (Å²) in [5.41, 5.74) is 3.86. The summed E-state index contributed by atoms with van der Waals surface area (Å²) in [4.78, 5) is 11.9. The molecule has 0 amide bonds. The van der Waals surface area contributed by atoms with Crippen molar-refractivity contribution in [3.8, 4) is 0 Å². The van der Waals surface area contributed by atoms with E-state index >= 15 is 0 Å². The quantitative estimate of drug-likeness (QED) is 0.397. The molecular weight excluding hydrogens is 402 g/mol. The molecule has 0 spiro atoms. The topological polar surface area (TPSA) is 38.3 Å². The molecule has 1 saturated heterocycles. The van der Waals surface area contributed by atoms with Gasteiger partial charge in [0.15, 0.2) is 5.78 Å². The van der Waals surface area contributed by atoms with Gasteiger partial charge in [-0.2, -0.15) is 0 Å². The molecule has 1 heterocycles. The lowest BCUT2D eigenvalue weighted by Gasteiger charge is -2.53. The molecule has 4 aliphatic rings. The van der Waals surface area contributed by atoms with Crippen LogP contribution in [-0.2, 0) is 9.53 Å². The van der Waals surface area contributed by atoms with E-state index in [1.165, 1.54) is 11.1 Å².